The van der Waals surface area contributed by atoms with Crippen LogP contribution in [0.3, 0.4) is 0 Å². The third kappa shape index (κ3) is 3.55. The van der Waals surface area contributed by atoms with Crippen LogP contribution < -0.4 is 10.5 Å². The van der Waals surface area contributed by atoms with Crippen molar-refractivity contribution in [1.29, 1.82) is 5.26 Å². The molecule has 1 heterocycles. The first-order valence-electron chi connectivity index (χ1n) is 7.86. The average Bonchev–Trinajstić information content (AvgIpc) is 2.66. The lowest BCUT2D eigenvalue weighted by Gasteiger charge is -2.15. The number of nitrogens with zero attached hydrogens (tertiary/aromatic N) is 2. The van der Waals surface area contributed by atoms with Crippen molar-refractivity contribution in [3.63, 3.8) is 0 Å². The summed E-state index contributed by atoms with van der Waals surface area (Å²) in [4.78, 5) is 4.18. The summed E-state index contributed by atoms with van der Waals surface area (Å²) in [5.74, 6) is 0.501. The van der Waals surface area contributed by atoms with Gasteiger partial charge in [0.1, 0.15) is 23.2 Å². The molecular weight excluding hydrogens is 355 g/mol. The predicted octanol–water partition coefficient (Wildman–Crippen LogP) is 4.90. The number of ether oxygens (including phenoxy) is 1. The number of halogens is 3. The molecule has 2 aromatic carbocycles. The fourth-order valence-electron chi connectivity index (χ4n) is 2.77. The number of anilines is 1. The summed E-state index contributed by atoms with van der Waals surface area (Å²) < 4.78 is 45.4. The fourth-order valence-corrected chi connectivity index (χ4v) is 2.77. The van der Waals surface area contributed by atoms with E-state index < -0.39 is 11.7 Å². The van der Waals surface area contributed by atoms with Gasteiger partial charge in [-0.05, 0) is 42.0 Å². The van der Waals surface area contributed by atoms with Crippen LogP contribution in [0, 0.1) is 11.3 Å². The molecule has 0 saturated carbocycles. The molecule has 0 aliphatic carbocycles. The highest BCUT2D eigenvalue weighted by molar-refractivity contribution is 5.82. The summed E-state index contributed by atoms with van der Waals surface area (Å²) in [7, 11) is 1.53. The highest BCUT2D eigenvalue weighted by Gasteiger charge is 2.34. The van der Waals surface area contributed by atoms with E-state index in [9.17, 15) is 18.4 Å². The van der Waals surface area contributed by atoms with Crippen molar-refractivity contribution in [2.45, 2.75) is 6.18 Å². The number of nitrogen functional groups attached to an aromatic ring is 1. The molecule has 0 fully saturated rings. The Kier molecular flexibility index (Phi) is 4.74. The highest BCUT2D eigenvalue weighted by atomic mass is 19.4. The third-order valence-corrected chi connectivity index (χ3v) is 4.07. The summed E-state index contributed by atoms with van der Waals surface area (Å²) in [6.07, 6.45) is -4.57. The number of nitrogens with two attached hydrogens (primary N) is 1. The van der Waals surface area contributed by atoms with Gasteiger partial charge in [0.05, 0.1) is 18.4 Å². The number of nitriles is 1. The van der Waals surface area contributed by atoms with Gasteiger partial charge >= 0.3 is 6.18 Å². The summed E-state index contributed by atoms with van der Waals surface area (Å²) >= 11 is 0. The number of benzene rings is 2. The quantitative estimate of drug-likeness (QED) is 0.713. The molecule has 3 aromatic rings. The predicted molar refractivity (Wildman–Crippen MR) is 95.8 cm³/mol. The van der Waals surface area contributed by atoms with Crippen molar-refractivity contribution in [2.24, 2.45) is 0 Å². The molecule has 0 amide bonds. The van der Waals surface area contributed by atoms with Crippen LogP contribution in [0.1, 0.15) is 11.1 Å². The molecule has 0 saturated heterocycles. The highest BCUT2D eigenvalue weighted by Crippen LogP contribution is 2.40. The number of aromatic nitrogens is 1. The first-order valence-corrected chi connectivity index (χ1v) is 7.86. The number of hydrogen-bond donors (Lipinski definition) is 1. The van der Waals surface area contributed by atoms with Crippen molar-refractivity contribution in [2.75, 3.05) is 12.8 Å². The van der Waals surface area contributed by atoms with Crippen molar-refractivity contribution >= 4 is 5.82 Å². The lowest BCUT2D eigenvalue weighted by atomic mass is 9.94. The maximum Gasteiger partial charge on any atom is 0.417 e. The monoisotopic (exact) mass is 369 g/mol. The average molecular weight is 369 g/mol. The topological polar surface area (TPSA) is 71.9 Å². The van der Waals surface area contributed by atoms with Crippen molar-refractivity contribution in [1.82, 2.24) is 4.98 Å². The number of alkyl halides is 3. The Bertz CT molecular complexity index is 1020. The zero-order valence-corrected chi connectivity index (χ0v) is 14.2. The van der Waals surface area contributed by atoms with Gasteiger partial charge in [-0.15, -0.1) is 0 Å². The van der Waals surface area contributed by atoms with Crippen molar-refractivity contribution in [3.8, 4) is 34.2 Å². The second-order valence-electron chi connectivity index (χ2n) is 5.70. The molecule has 1 aromatic heterocycles. The standard InChI is InChI=1S/C20H14F3N3O/c1-27-13-8-6-12(7-9-13)18-10-15(16(11-24)19(25)26-18)14-4-2-3-5-17(14)20(21,22)23/h2-10H,1H3,(H2,25,26). The number of hydrogen-bond acceptors (Lipinski definition) is 4. The van der Waals surface area contributed by atoms with E-state index in [1.807, 2.05) is 6.07 Å². The molecule has 3 rings (SSSR count). The van der Waals surface area contributed by atoms with E-state index in [1.165, 1.54) is 31.4 Å². The lowest BCUT2D eigenvalue weighted by Crippen LogP contribution is -2.08. The van der Waals surface area contributed by atoms with Crippen LogP contribution in [-0.2, 0) is 6.18 Å². The van der Waals surface area contributed by atoms with Gasteiger partial charge in [0.2, 0.25) is 0 Å². The van der Waals surface area contributed by atoms with Gasteiger partial charge in [-0.1, -0.05) is 18.2 Å². The van der Waals surface area contributed by atoms with E-state index in [-0.39, 0.29) is 22.5 Å². The molecule has 0 bridgehead atoms. The summed E-state index contributed by atoms with van der Waals surface area (Å²) in [6, 6.07) is 15.2. The molecule has 0 spiro atoms. The number of pyridine rings is 1. The normalized spacial score (nSPS) is 11.1. The zero-order valence-electron chi connectivity index (χ0n) is 14.2. The van der Waals surface area contributed by atoms with Gasteiger partial charge in [0.25, 0.3) is 0 Å². The van der Waals surface area contributed by atoms with E-state index in [0.29, 0.717) is 17.0 Å². The minimum atomic E-state index is -4.57. The maximum absolute atomic E-state index is 13.4. The van der Waals surface area contributed by atoms with Gasteiger partial charge in [-0.25, -0.2) is 4.98 Å². The molecule has 4 nitrogen and oxygen atoms in total. The maximum atomic E-state index is 13.4. The Morgan fingerprint density at radius 1 is 1.04 bits per heavy atom. The fraction of sp³-hybridized carbons (Fsp3) is 0.100. The second kappa shape index (κ2) is 7.00. The number of rotatable bonds is 3. The minimum absolute atomic E-state index is 0.0868. The van der Waals surface area contributed by atoms with Gasteiger partial charge in [-0.2, -0.15) is 18.4 Å². The Morgan fingerprint density at radius 3 is 2.30 bits per heavy atom. The first-order chi connectivity index (χ1) is 12.8. The SMILES string of the molecule is COc1ccc(-c2cc(-c3ccccc3C(F)(F)F)c(C#N)c(N)n2)cc1. The molecule has 0 unspecified atom stereocenters. The van der Waals surface area contributed by atoms with E-state index in [0.717, 1.165) is 6.07 Å². The van der Waals surface area contributed by atoms with Crippen molar-refractivity contribution < 1.29 is 17.9 Å². The zero-order chi connectivity index (χ0) is 19.6. The molecule has 136 valence electrons. The van der Waals surface area contributed by atoms with E-state index in [4.69, 9.17) is 10.5 Å². The van der Waals surface area contributed by atoms with E-state index >= 15 is 0 Å². The second-order valence-corrected chi connectivity index (χ2v) is 5.70. The molecule has 0 atom stereocenters. The van der Waals surface area contributed by atoms with Gasteiger partial charge in [0.15, 0.2) is 0 Å². The van der Waals surface area contributed by atoms with Crippen LogP contribution in [0.2, 0.25) is 0 Å². The Labute approximate surface area is 153 Å². The van der Waals surface area contributed by atoms with Crippen LogP contribution in [0.25, 0.3) is 22.4 Å². The van der Waals surface area contributed by atoms with Crippen LogP contribution >= 0.6 is 0 Å². The van der Waals surface area contributed by atoms with Crippen molar-refractivity contribution in [3.05, 3.63) is 65.7 Å². The Hall–Kier alpha value is -3.53. The minimum Gasteiger partial charge on any atom is -0.497 e. The van der Waals surface area contributed by atoms with E-state index in [1.54, 1.807) is 24.3 Å². The third-order valence-electron chi connectivity index (χ3n) is 4.07. The van der Waals surface area contributed by atoms with E-state index in [2.05, 4.69) is 4.98 Å². The smallest absolute Gasteiger partial charge is 0.417 e. The molecule has 7 heteroatoms. The molecular formula is C20H14F3N3O. The van der Waals surface area contributed by atoms with Crippen LogP contribution in [0.15, 0.2) is 54.6 Å². The Balaban J connectivity index is 2.25. The Morgan fingerprint density at radius 2 is 1.70 bits per heavy atom. The largest absolute Gasteiger partial charge is 0.497 e. The van der Waals surface area contributed by atoms with Gasteiger partial charge < -0.3 is 10.5 Å². The van der Waals surface area contributed by atoms with Gasteiger partial charge in [-0.3, -0.25) is 0 Å². The molecule has 0 aliphatic rings. The summed E-state index contributed by atoms with van der Waals surface area (Å²) in [6.45, 7) is 0. The molecule has 0 aliphatic heterocycles. The molecule has 2 N–H and O–H groups in total. The van der Waals surface area contributed by atoms with Crippen LogP contribution in [0.5, 0.6) is 5.75 Å². The number of methoxy groups -OCH3 is 1. The summed E-state index contributed by atoms with van der Waals surface area (Å²) in [5.41, 5.74) is 5.92. The first kappa shape index (κ1) is 18.3. The summed E-state index contributed by atoms with van der Waals surface area (Å²) in [5, 5.41) is 9.42. The molecule has 0 radical (unpaired) electrons. The van der Waals surface area contributed by atoms with Crippen LogP contribution in [0.4, 0.5) is 19.0 Å². The molecule has 27 heavy (non-hydrogen) atoms. The van der Waals surface area contributed by atoms with Crippen LogP contribution in [-0.4, -0.2) is 12.1 Å². The van der Waals surface area contributed by atoms with Gasteiger partial charge in [0, 0.05) is 11.1 Å². The lowest BCUT2D eigenvalue weighted by molar-refractivity contribution is -0.137.